The van der Waals surface area contributed by atoms with Gasteiger partial charge in [0.15, 0.2) is 0 Å². The predicted molar refractivity (Wildman–Crippen MR) is 79.5 cm³/mol. The number of hydrogen-bond donors (Lipinski definition) is 0. The molecule has 104 valence electrons. The monoisotopic (exact) mass is 345 g/mol. The van der Waals surface area contributed by atoms with Crippen LogP contribution in [0.15, 0.2) is 57.4 Å². The zero-order valence-corrected chi connectivity index (χ0v) is 12.1. The largest absolute Gasteiger partial charge is 0.416 e. The van der Waals surface area contributed by atoms with Crippen LogP contribution in [0.2, 0.25) is 0 Å². The molecule has 0 fully saturated rings. The molecule has 0 radical (unpaired) electrons. The van der Waals surface area contributed by atoms with Crippen LogP contribution in [0.25, 0.3) is 22.9 Å². The molecule has 21 heavy (non-hydrogen) atoms. The third kappa shape index (κ3) is 2.68. The molecular weight excluding hydrogens is 338 g/mol. The van der Waals surface area contributed by atoms with Crippen molar-refractivity contribution in [1.29, 1.82) is 0 Å². The summed E-state index contributed by atoms with van der Waals surface area (Å²) in [4.78, 5) is 10.6. The molecule has 7 heteroatoms. The molecule has 0 bridgehead atoms. The van der Waals surface area contributed by atoms with E-state index in [2.05, 4.69) is 26.1 Å². The van der Waals surface area contributed by atoms with Crippen molar-refractivity contribution in [2.75, 3.05) is 0 Å². The van der Waals surface area contributed by atoms with Gasteiger partial charge in [-0.05, 0) is 24.3 Å². The Morgan fingerprint density at radius 1 is 1.05 bits per heavy atom. The normalized spacial score (nSPS) is 10.5. The Hall–Kier alpha value is -2.54. The molecule has 0 atom stereocenters. The lowest BCUT2D eigenvalue weighted by Crippen LogP contribution is -1.92. The van der Waals surface area contributed by atoms with Crippen LogP contribution in [0.4, 0.5) is 5.69 Å². The van der Waals surface area contributed by atoms with E-state index in [4.69, 9.17) is 4.42 Å². The molecule has 3 aromatic rings. The highest BCUT2D eigenvalue weighted by atomic mass is 79.9. The van der Waals surface area contributed by atoms with E-state index >= 15 is 0 Å². The van der Waals surface area contributed by atoms with Gasteiger partial charge < -0.3 is 4.42 Å². The van der Waals surface area contributed by atoms with Crippen LogP contribution in [0.1, 0.15) is 0 Å². The minimum atomic E-state index is -0.480. The van der Waals surface area contributed by atoms with Crippen LogP contribution in [-0.2, 0) is 0 Å². The van der Waals surface area contributed by atoms with Crippen molar-refractivity contribution in [1.82, 2.24) is 10.2 Å². The lowest BCUT2D eigenvalue weighted by atomic mass is 10.2. The van der Waals surface area contributed by atoms with Crippen molar-refractivity contribution in [3.8, 4) is 22.9 Å². The molecule has 0 saturated carbocycles. The molecule has 1 aromatic heterocycles. The number of halogens is 1. The molecule has 1 heterocycles. The number of nitro benzene ring substituents is 1. The van der Waals surface area contributed by atoms with Crippen molar-refractivity contribution < 1.29 is 9.34 Å². The Labute approximate surface area is 127 Å². The fourth-order valence-corrected chi connectivity index (χ4v) is 2.22. The van der Waals surface area contributed by atoms with Gasteiger partial charge in [-0.1, -0.05) is 34.1 Å². The Balaban J connectivity index is 2.07. The summed E-state index contributed by atoms with van der Waals surface area (Å²) in [6, 6.07) is 13.9. The van der Waals surface area contributed by atoms with Crippen molar-refractivity contribution in [2.24, 2.45) is 0 Å². The quantitative estimate of drug-likeness (QED) is 0.527. The number of nitrogens with zero attached hydrogens (tertiary/aromatic N) is 3. The molecule has 6 nitrogen and oxygen atoms in total. The Kier molecular flexibility index (Phi) is 3.49. The van der Waals surface area contributed by atoms with Gasteiger partial charge in [-0.15, -0.1) is 10.2 Å². The van der Waals surface area contributed by atoms with Crippen LogP contribution in [0.3, 0.4) is 0 Å². The summed E-state index contributed by atoms with van der Waals surface area (Å²) in [5.74, 6) is 0.441. The van der Waals surface area contributed by atoms with Gasteiger partial charge in [-0.2, -0.15) is 0 Å². The summed E-state index contributed by atoms with van der Waals surface area (Å²) < 4.78 is 6.16. The number of hydrogen-bond acceptors (Lipinski definition) is 5. The molecule has 3 rings (SSSR count). The third-order valence-corrected chi connectivity index (χ3v) is 3.33. The van der Waals surface area contributed by atoms with Crippen LogP contribution in [0, 0.1) is 10.1 Å². The van der Waals surface area contributed by atoms with Crippen molar-refractivity contribution in [2.45, 2.75) is 0 Å². The number of rotatable bonds is 3. The Bertz CT molecular complexity index is 802. The van der Waals surface area contributed by atoms with Crippen LogP contribution >= 0.6 is 15.9 Å². The minimum Gasteiger partial charge on any atom is -0.416 e. The summed E-state index contributed by atoms with van der Waals surface area (Å²) in [6.07, 6.45) is 0. The lowest BCUT2D eigenvalue weighted by molar-refractivity contribution is -0.384. The Morgan fingerprint density at radius 2 is 1.76 bits per heavy atom. The van der Waals surface area contributed by atoms with E-state index in [1.54, 1.807) is 12.1 Å². The number of nitro groups is 1. The average molecular weight is 346 g/mol. The summed E-state index contributed by atoms with van der Waals surface area (Å²) in [5, 5.41) is 19.0. The number of aromatic nitrogens is 2. The second kappa shape index (κ2) is 5.45. The van der Waals surface area contributed by atoms with Crippen LogP contribution < -0.4 is 0 Å². The van der Waals surface area contributed by atoms with E-state index in [1.165, 1.54) is 6.07 Å². The van der Waals surface area contributed by atoms with E-state index < -0.39 is 4.92 Å². The zero-order valence-electron chi connectivity index (χ0n) is 10.6. The van der Waals surface area contributed by atoms with Gasteiger partial charge in [-0.25, -0.2) is 0 Å². The number of benzene rings is 2. The molecule has 2 aromatic carbocycles. The highest BCUT2D eigenvalue weighted by Gasteiger charge is 2.21. The fraction of sp³-hybridized carbons (Fsp3) is 0. The first kappa shape index (κ1) is 13.4. The van der Waals surface area contributed by atoms with Crippen molar-refractivity contribution >= 4 is 21.6 Å². The summed E-state index contributed by atoms with van der Waals surface area (Å²) >= 11 is 3.21. The molecule has 0 spiro atoms. The van der Waals surface area contributed by atoms with Gasteiger partial charge in [0.2, 0.25) is 5.89 Å². The average Bonchev–Trinajstić information content (AvgIpc) is 2.97. The first-order chi connectivity index (χ1) is 10.1. The Morgan fingerprint density at radius 3 is 2.48 bits per heavy atom. The molecule has 0 N–H and O–H groups in total. The maximum Gasteiger partial charge on any atom is 0.283 e. The first-order valence-electron chi connectivity index (χ1n) is 5.98. The molecule has 0 saturated heterocycles. The molecule has 0 amide bonds. The summed E-state index contributed by atoms with van der Waals surface area (Å²) in [5.41, 5.74) is 0.960. The molecule has 0 unspecified atom stereocenters. The van der Waals surface area contributed by atoms with E-state index in [0.717, 1.165) is 5.56 Å². The maximum atomic E-state index is 11.1. The maximum absolute atomic E-state index is 11.1. The predicted octanol–water partition coefficient (Wildman–Crippen LogP) is 4.07. The van der Waals surface area contributed by atoms with Crippen molar-refractivity contribution in [3.63, 3.8) is 0 Å². The highest BCUT2D eigenvalue weighted by Crippen LogP contribution is 2.32. The highest BCUT2D eigenvalue weighted by molar-refractivity contribution is 9.10. The molecular formula is C14H8BrN3O3. The first-order valence-corrected chi connectivity index (χ1v) is 6.77. The second-order valence-corrected chi connectivity index (χ2v) is 5.11. The van der Waals surface area contributed by atoms with Gasteiger partial charge in [0, 0.05) is 16.1 Å². The molecule has 0 aliphatic carbocycles. The smallest absolute Gasteiger partial charge is 0.283 e. The lowest BCUT2D eigenvalue weighted by Gasteiger charge is -1.98. The van der Waals surface area contributed by atoms with E-state index in [1.807, 2.05) is 30.3 Å². The topological polar surface area (TPSA) is 82.1 Å². The van der Waals surface area contributed by atoms with Gasteiger partial charge in [0.25, 0.3) is 11.6 Å². The van der Waals surface area contributed by atoms with Crippen LogP contribution in [0.5, 0.6) is 0 Å². The van der Waals surface area contributed by atoms with E-state index in [-0.39, 0.29) is 17.1 Å². The van der Waals surface area contributed by atoms with Gasteiger partial charge in [0.05, 0.1) is 4.92 Å². The zero-order chi connectivity index (χ0) is 14.8. The molecule has 0 aliphatic rings. The van der Waals surface area contributed by atoms with Crippen molar-refractivity contribution in [3.05, 3.63) is 63.1 Å². The van der Waals surface area contributed by atoms with Gasteiger partial charge >= 0.3 is 0 Å². The summed E-state index contributed by atoms with van der Waals surface area (Å²) in [7, 11) is 0. The van der Waals surface area contributed by atoms with Crippen LogP contribution in [-0.4, -0.2) is 15.1 Å². The van der Waals surface area contributed by atoms with Gasteiger partial charge in [-0.3, -0.25) is 10.1 Å². The van der Waals surface area contributed by atoms with E-state index in [0.29, 0.717) is 10.4 Å². The fourth-order valence-electron chi connectivity index (χ4n) is 1.87. The standard InChI is InChI=1S/C14H8BrN3O3/c15-10-6-7-11(12(8-10)18(19)20)14-17-16-13(21-14)9-4-2-1-3-5-9/h1-8H. The van der Waals surface area contributed by atoms with E-state index in [9.17, 15) is 10.1 Å². The summed E-state index contributed by atoms with van der Waals surface area (Å²) in [6.45, 7) is 0. The minimum absolute atomic E-state index is 0.0902. The molecule has 0 aliphatic heterocycles. The second-order valence-electron chi connectivity index (χ2n) is 4.20. The SMILES string of the molecule is O=[N+]([O-])c1cc(Br)ccc1-c1nnc(-c2ccccc2)o1. The third-order valence-electron chi connectivity index (χ3n) is 2.83. The van der Waals surface area contributed by atoms with Gasteiger partial charge in [0.1, 0.15) is 5.56 Å².